The van der Waals surface area contributed by atoms with Gasteiger partial charge in [-0.3, -0.25) is 0 Å². The Morgan fingerprint density at radius 2 is 1.76 bits per heavy atom. The Morgan fingerprint density at radius 1 is 1.06 bits per heavy atom. The third-order valence-corrected chi connectivity index (χ3v) is 4.27. The van der Waals surface area contributed by atoms with Gasteiger partial charge in [-0.05, 0) is 38.0 Å². The summed E-state index contributed by atoms with van der Waals surface area (Å²) < 4.78 is 5.37. The molecule has 1 aliphatic carbocycles. The standard InChI is InChI=1S/C13H25NO3/c1-17-11-4-2-10(3-5-11)8-14-7-6-12(15)13(16)9-14/h10-13,15-16H,2-9H2,1H3/t10?,11?,12-,13-/m1/s1. The normalized spacial score (nSPS) is 40.4. The van der Waals surface area contributed by atoms with Gasteiger partial charge in [-0.2, -0.15) is 0 Å². The van der Waals surface area contributed by atoms with Crippen LogP contribution in [0.25, 0.3) is 0 Å². The molecule has 2 rings (SSSR count). The fourth-order valence-electron chi connectivity index (χ4n) is 3.07. The highest BCUT2D eigenvalue weighted by atomic mass is 16.5. The maximum Gasteiger partial charge on any atom is 0.0926 e. The van der Waals surface area contributed by atoms with Gasteiger partial charge in [0.15, 0.2) is 0 Å². The second-order valence-electron chi connectivity index (χ2n) is 5.56. The molecule has 2 atom stereocenters. The summed E-state index contributed by atoms with van der Waals surface area (Å²) in [7, 11) is 1.80. The SMILES string of the molecule is COC1CCC(CN2CC[C@@H](O)[C@H](O)C2)CC1. The van der Waals surface area contributed by atoms with Gasteiger partial charge in [-0.25, -0.2) is 0 Å². The Bertz CT molecular complexity index is 229. The lowest BCUT2D eigenvalue weighted by molar-refractivity contribution is -0.0444. The topological polar surface area (TPSA) is 52.9 Å². The highest BCUT2D eigenvalue weighted by Crippen LogP contribution is 2.27. The van der Waals surface area contributed by atoms with E-state index in [0.717, 1.165) is 19.0 Å². The van der Waals surface area contributed by atoms with E-state index in [1.54, 1.807) is 7.11 Å². The average Bonchev–Trinajstić information content (AvgIpc) is 2.35. The number of methoxy groups -OCH3 is 1. The monoisotopic (exact) mass is 243 g/mol. The smallest absolute Gasteiger partial charge is 0.0926 e. The molecule has 1 saturated heterocycles. The highest BCUT2D eigenvalue weighted by molar-refractivity contribution is 4.82. The van der Waals surface area contributed by atoms with Crippen LogP contribution < -0.4 is 0 Å². The summed E-state index contributed by atoms with van der Waals surface area (Å²) in [5.41, 5.74) is 0. The van der Waals surface area contributed by atoms with Crippen molar-refractivity contribution in [3.8, 4) is 0 Å². The van der Waals surface area contributed by atoms with Crippen LogP contribution in [0.4, 0.5) is 0 Å². The Hall–Kier alpha value is -0.160. The van der Waals surface area contributed by atoms with E-state index in [1.807, 2.05) is 0 Å². The molecule has 1 aliphatic heterocycles. The number of likely N-dealkylation sites (tertiary alicyclic amines) is 1. The number of piperidine rings is 1. The Balaban J connectivity index is 1.71. The first-order valence-electron chi connectivity index (χ1n) is 6.80. The molecule has 4 nitrogen and oxygen atoms in total. The molecule has 17 heavy (non-hydrogen) atoms. The van der Waals surface area contributed by atoms with E-state index in [4.69, 9.17) is 4.74 Å². The van der Waals surface area contributed by atoms with Crippen LogP contribution in [0.1, 0.15) is 32.1 Å². The van der Waals surface area contributed by atoms with Crippen LogP contribution in [0.5, 0.6) is 0 Å². The number of hydrogen-bond donors (Lipinski definition) is 2. The summed E-state index contributed by atoms with van der Waals surface area (Å²) in [6.45, 7) is 2.62. The van der Waals surface area contributed by atoms with E-state index in [9.17, 15) is 10.2 Å². The van der Waals surface area contributed by atoms with Crippen molar-refractivity contribution in [3.63, 3.8) is 0 Å². The van der Waals surface area contributed by atoms with Gasteiger partial charge in [-0.15, -0.1) is 0 Å². The first kappa shape index (κ1) is 13.3. The zero-order valence-electron chi connectivity index (χ0n) is 10.7. The predicted octanol–water partition coefficient (Wildman–Crippen LogP) is 0.619. The van der Waals surface area contributed by atoms with Crippen molar-refractivity contribution in [1.82, 2.24) is 4.90 Å². The molecule has 0 aromatic rings. The molecule has 2 aliphatic rings. The summed E-state index contributed by atoms with van der Waals surface area (Å²) in [4.78, 5) is 2.30. The van der Waals surface area contributed by atoms with Crippen LogP contribution in [0.3, 0.4) is 0 Å². The number of hydrogen-bond acceptors (Lipinski definition) is 4. The number of aliphatic hydroxyl groups is 2. The summed E-state index contributed by atoms with van der Waals surface area (Å²) in [5, 5.41) is 19.1. The maximum absolute atomic E-state index is 9.65. The van der Waals surface area contributed by atoms with Crippen molar-refractivity contribution in [2.24, 2.45) is 5.92 Å². The average molecular weight is 243 g/mol. The minimum atomic E-state index is -0.556. The first-order chi connectivity index (χ1) is 8.19. The number of ether oxygens (including phenoxy) is 1. The van der Waals surface area contributed by atoms with Crippen molar-refractivity contribution in [2.75, 3.05) is 26.7 Å². The van der Waals surface area contributed by atoms with E-state index >= 15 is 0 Å². The van der Waals surface area contributed by atoms with Gasteiger partial charge in [0.1, 0.15) is 0 Å². The van der Waals surface area contributed by atoms with Crippen LogP contribution in [0.2, 0.25) is 0 Å². The maximum atomic E-state index is 9.65. The number of β-amino-alcohol motifs (C(OH)–C–C–N with tert-alkyl or cyclic N) is 1. The van der Waals surface area contributed by atoms with Crippen LogP contribution in [-0.2, 0) is 4.74 Å². The lowest BCUT2D eigenvalue weighted by Crippen LogP contribution is -2.48. The minimum absolute atomic E-state index is 0.458. The molecule has 1 heterocycles. The Kier molecular flexibility index (Phi) is 4.79. The molecule has 2 fully saturated rings. The summed E-state index contributed by atoms with van der Waals surface area (Å²) >= 11 is 0. The van der Waals surface area contributed by atoms with Crippen molar-refractivity contribution < 1.29 is 14.9 Å². The molecule has 0 amide bonds. The van der Waals surface area contributed by atoms with Crippen molar-refractivity contribution in [1.29, 1.82) is 0 Å². The van der Waals surface area contributed by atoms with Gasteiger partial charge >= 0.3 is 0 Å². The molecule has 0 spiro atoms. The van der Waals surface area contributed by atoms with Gasteiger partial charge in [0.05, 0.1) is 18.3 Å². The molecule has 0 unspecified atom stereocenters. The predicted molar refractivity (Wildman–Crippen MR) is 65.8 cm³/mol. The Labute approximate surface area is 104 Å². The summed E-state index contributed by atoms with van der Waals surface area (Å²) in [6, 6.07) is 0. The van der Waals surface area contributed by atoms with E-state index < -0.39 is 12.2 Å². The van der Waals surface area contributed by atoms with E-state index in [2.05, 4.69) is 4.90 Å². The molecule has 100 valence electrons. The molecule has 0 radical (unpaired) electrons. The van der Waals surface area contributed by atoms with Crippen molar-refractivity contribution >= 4 is 0 Å². The van der Waals surface area contributed by atoms with Crippen LogP contribution >= 0.6 is 0 Å². The molecule has 0 aromatic carbocycles. The van der Waals surface area contributed by atoms with Gasteiger partial charge in [0, 0.05) is 26.7 Å². The largest absolute Gasteiger partial charge is 0.390 e. The number of rotatable bonds is 3. The third kappa shape index (κ3) is 3.65. The molecule has 2 N–H and O–H groups in total. The number of aliphatic hydroxyl groups excluding tert-OH is 2. The quantitative estimate of drug-likeness (QED) is 0.763. The fourth-order valence-corrected chi connectivity index (χ4v) is 3.07. The lowest BCUT2D eigenvalue weighted by atomic mass is 9.86. The second kappa shape index (κ2) is 6.14. The van der Waals surface area contributed by atoms with Gasteiger partial charge in [0.25, 0.3) is 0 Å². The van der Waals surface area contributed by atoms with Crippen LogP contribution in [0.15, 0.2) is 0 Å². The van der Waals surface area contributed by atoms with Crippen LogP contribution in [0, 0.1) is 5.92 Å². The molecule has 4 heteroatoms. The van der Waals surface area contributed by atoms with E-state index in [-0.39, 0.29) is 0 Å². The molecule has 1 saturated carbocycles. The van der Waals surface area contributed by atoms with Crippen molar-refractivity contribution in [2.45, 2.75) is 50.4 Å². The second-order valence-corrected chi connectivity index (χ2v) is 5.56. The summed E-state index contributed by atoms with van der Waals surface area (Å²) in [5.74, 6) is 0.740. The zero-order valence-corrected chi connectivity index (χ0v) is 10.7. The lowest BCUT2D eigenvalue weighted by Gasteiger charge is -2.37. The van der Waals surface area contributed by atoms with Crippen LogP contribution in [-0.4, -0.2) is 60.2 Å². The molecular weight excluding hydrogens is 218 g/mol. The minimum Gasteiger partial charge on any atom is -0.390 e. The van der Waals surface area contributed by atoms with Gasteiger partial charge in [0.2, 0.25) is 0 Å². The molecule has 0 aromatic heterocycles. The Morgan fingerprint density at radius 3 is 2.35 bits per heavy atom. The van der Waals surface area contributed by atoms with E-state index in [1.165, 1.54) is 25.7 Å². The third-order valence-electron chi connectivity index (χ3n) is 4.27. The molecular formula is C13H25NO3. The highest BCUT2D eigenvalue weighted by Gasteiger charge is 2.28. The fraction of sp³-hybridized carbons (Fsp3) is 1.00. The molecule has 0 bridgehead atoms. The van der Waals surface area contributed by atoms with Gasteiger partial charge < -0.3 is 19.8 Å². The van der Waals surface area contributed by atoms with Gasteiger partial charge in [-0.1, -0.05) is 0 Å². The van der Waals surface area contributed by atoms with E-state index in [0.29, 0.717) is 19.1 Å². The number of nitrogens with zero attached hydrogens (tertiary/aromatic N) is 1. The first-order valence-corrected chi connectivity index (χ1v) is 6.80. The summed E-state index contributed by atoms with van der Waals surface area (Å²) in [6.07, 6.45) is 4.88. The van der Waals surface area contributed by atoms with Crippen molar-refractivity contribution in [3.05, 3.63) is 0 Å². The zero-order chi connectivity index (χ0) is 12.3.